The van der Waals surface area contributed by atoms with Crippen molar-refractivity contribution in [1.82, 2.24) is 5.32 Å². The molecule has 0 aliphatic heterocycles. The quantitative estimate of drug-likeness (QED) is 0.501. The maximum Gasteiger partial charge on any atom is 0.343 e. The molecule has 0 bridgehead atoms. The fourth-order valence-corrected chi connectivity index (χ4v) is 2.49. The smallest absolute Gasteiger partial charge is 0.343 e. The van der Waals surface area contributed by atoms with Gasteiger partial charge in [-0.3, -0.25) is 4.79 Å². The Labute approximate surface area is 143 Å². The molecule has 0 saturated carbocycles. The van der Waals surface area contributed by atoms with E-state index in [1.807, 2.05) is 31.4 Å². The summed E-state index contributed by atoms with van der Waals surface area (Å²) in [6.45, 7) is 3.67. The Morgan fingerprint density at radius 3 is 2.48 bits per heavy atom. The Morgan fingerprint density at radius 2 is 1.91 bits per heavy atom. The van der Waals surface area contributed by atoms with Crippen LogP contribution in [0.5, 0.6) is 0 Å². The summed E-state index contributed by atoms with van der Waals surface area (Å²) < 4.78 is 5.29. The summed E-state index contributed by atoms with van der Waals surface area (Å²) in [6, 6.07) is 9.91. The average Bonchev–Trinajstić information content (AvgIpc) is 2.99. The molecule has 1 N–H and O–H groups in total. The molecule has 4 nitrogen and oxygen atoms in total. The van der Waals surface area contributed by atoms with Gasteiger partial charge in [-0.05, 0) is 49.6 Å². The van der Waals surface area contributed by atoms with Crippen LogP contribution in [0.3, 0.4) is 0 Å². The van der Waals surface area contributed by atoms with Crippen LogP contribution in [0, 0.1) is 0 Å². The van der Waals surface area contributed by atoms with E-state index in [9.17, 15) is 9.59 Å². The predicted molar refractivity (Wildman–Crippen MR) is 92.4 cm³/mol. The van der Waals surface area contributed by atoms with Gasteiger partial charge in [0.2, 0.25) is 0 Å². The third-order valence-corrected chi connectivity index (χ3v) is 3.81. The van der Waals surface area contributed by atoms with Gasteiger partial charge in [-0.2, -0.15) is 0 Å². The van der Waals surface area contributed by atoms with Gasteiger partial charge < -0.3 is 10.1 Å². The maximum atomic E-state index is 12.2. The fraction of sp³-hybridized carbons (Fsp3) is 0.176. The molecule has 6 heteroatoms. The summed E-state index contributed by atoms with van der Waals surface area (Å²) in [5, 5.41) is 5.12. The third-order valence-electron chi connectivity index (χ3n) is 2.74. The molecule has 1 amide bonds. The third kappa shape index (κ3) is 5.23. The van der Waals surface area contributed by atoms with Crippen molar-refractivity contribution in [3.63, 3.8) is 0 Å². The first-order valence-corrected chi connectivity index (χ1v) is 8.25. The number of carbonyl (C=O) groups is 2. The predicted octanol–water partition coefficient (Wildman–Crippen LogP) is 4.12. The maximum absolute atomic E-state index is 12.2. The summed E-state index contributed by atoms with van der Waals surface area (Å²) in [6.07, 6.45) is 1.55. The van der Waals surface area contributed by atoms with Crippen molar-refractivity contribution < 1.29 is 14.3 Å². The van der Waals surface area contributed by atoms with Gasteiger partial charge in [-0.15, -0.1) is 11.3 Å². The Balaban J connectivity index is 2.21. The minimum Gasteiger partial charge on any atom is -0.417 e. The SMILES string of the molecule is CC(C)NC(=O)/C(=C/c1cccs1)OC(=O)c1ccc(Cl)cc1. The van der Waals surface area contributed by atoms with Crippen molar-refractivity contribution in [2.24, 2.45) is 0 Å². The molecule has 1 aromatic carbocycles. The van der Waals surface area contributed by atoms with Crippen molar-refractivity contribution in [2.75, 3.05) is 0 Å². The minimum absolute atomic E-state index is 0.0406. The lowest BCUT2D eigenvalue weighted by Gasteiger charge is -2.12. The van der Waals surface area contributed by atoms with Crippen LogP contribution < -0.4 is 5.32 Å². The zero-order valence-corrected chi connectivity index (χ0v) is 14.3. The van der Waals surface area contributed by atoms with E-state index in [1.54, 1.807) is 30.3 Å². The number of rotatable bonds is 5. The Kier molecular flexibility index (Phi) is 5.96. The van der Waals surface area contributed by atoms with Crippen LogP contribution in [0.2, 0.25) is 5.02 Å². The summed E-state index contributed by atoms with van der Waals surface area (Å²) in [5.74, 6) is -1.08. The van der Waals surface area contributed by atoms with Crippen molar-refractivity contribution in [1.29, 1.82) is 0 Å². The summed E-state index contributed by atoms with van der Waals surface area (Å²) in [7, 11) is 0. The molecule has 23 heavy (non-hydrogen) atoms. The van der Waals surface area contributed by atoms with Crippen molar-refractivity contribution >= 4 is 40.9 Å². The highest BCUT2D eigenvalue weighted by atomic mass is 35.5. The lowest BCUT2D eigenvalue weighted by atomic mass is 10.2. The average molecular weight is 350 g/mol. The fourth-order valence-electron chi connectivity index (χ4n) is 1.72. The standard InChI is InChI=1S/C17H16ClNO3S/c1-11(2)19-16(20)15(10-14-4-3-9-23-14)22-17(21)12-5-7-13(18)8-6-12/h3-11H,1-2H3,(H,19,20)/b15-10-. The first-order valence-electron chi connectivity index (χ1n) is 6.99. The molecular weight excluding hydrogens is 334 g/mol. The number of halogens is 1. The van der Waals surface area contributed by atoms with Gasteiger partial charge >= 0.3 is 5.97 Å². The zero-order chi connectivity index (χ0) is 16.8. The number of nitrogens with one attached hydrogen (secondary N) is 1. The van der Waals surface area contributed by atoms with Crippen LogP contribution in [0.4, 0.5) is 0 Å². The second-order valence-corrected chi connectivity index (χ2v) is 6.46. The topological polar surface area (TPSA) is 55.4 Å². The molecule has 120 valence electrons. The molecule has 1 aromatic heterocycles. The van der Waals surface area contributed by atoms with E-state index in [4.69, 9.17) is 16.3 Å². The molecule has 2 rings (SSSR count). The van der Waals surface area contributed by atoms with Crippen LogP contribution in [0.25, 0.3) is 6.08 Å². The highest BCUT2D eigenvalue weighted by Gasteiger charge is 2.18. The van der Waals surface area contributed by atoms with Crippen LogP contribution in [0.15, 0.2) is 47.5 Å². The molecule has 0 saturated heterocycles. The molecule has 0 spiro atoms. The van der Waals surface area contributed by atoms with Gasteiger partial charge in [-0.1, -0.05) is 17.7 Å². The molecule has 1 heterocycles. The molecule has 0 radical (unpaired) electrons. The molecule has 0 atom stereocenters. The monoisotopic (exact) mass is 349 g/mol. The van der Waals surface area contributed by atoms with Crippen LogP contribution in [0.1, 0.15) is 29.1 Å². The number of carbonyl (C=O) groups excluding carboxylic acids is 2. The lowest BCUT2D eigenvalue weighted by Crippen LogP contribution is -2.32. The minimum atomic E-state index is -0.608. The van der Waals surface area contributed by atoms with Gasteiger partial charge in [0, 0.05) is 22.0 Å². The number of hydrogen-bond acceptors (Lipinski definition) is 4. The number of hydrogen-bond donors (Lipinski definition) is 1. The van der Waals surface area contributed by atoms with Crippen LogP contribution in [-0.2, 0) is 9.53 Å². The summed E-state index contributed by atoms with van der Waals surface area (Å²) in [5.41, 5.74) is 0.323. The lowest BCUT2D eigenvalue weighted by molar-refractivity contribution is -0.120. The number of amides is 1. The number of ether oxygens (including phenoxy) is 1. The summed E-state index contributed by atoms with van der Waals surface area (Å²) >= 11 is 7.25. The molecule has 2 aromatic rings. The van der Waals surface area contributed by atoms with Crippen LogP contribution >= 0.6 is 22.9 Å². The molecule has 0 unspecified atom stereocenters. The first-order chi connectivity index (χ1) is 11.0. The van der Waals surface area contributed by atoms with Crippen molar-refractivity contribution in [3.8, 4) is 0 Å². The van der Waals surface area contributed by atoms with Crippen molar-refractivity contribution in [3.05, 3.63) is 63.0 Å². The first kappa shape index (κ1) is 17.2. The molecule has 0 aliphatic carbocycles. The number of benzene rings is 1. The second kappa shape index (κ2) is 7.94. The van der Waals surface area contributed by atoms with Crippen LogP contribution in [-0.4, -0.2) is 17.9 Å². The van der Waals surface area contributed by atoms with E-state index in [2.05, 4.69) is 5.32 Å². The van der Waals surface area contributed by atoms with E-state index in [1.165, 1.54) is 11.3 Å². The molecule has 0 fully saturated rings. The Hall–Kier alpha value is -2.11. The highest BCUT2D eigenvalue weighted by Crippen LogP contribution is 2.17. The van der Waals surface area contributed by atoms with Gasteiger partial charge in [0.1, 0.15) is 0 Å². The second-order valence-electron chi connectivity index (χ2n) is 5.05. The van der Waals surface area contributed by atoms with E-state index >= 15 is 0 Å². The zero-order valence-electron chi connectivity index (χ0n) is 12.7. The Morgan fingerprint density at radius 1 is 1.22 bits per heavy atom. The molecular formula is C17H16ClNO3S. The van der Waals surface area contributed by atoms with Crippen molar-refractivity contribution in [2.45, 2.75) is 19.9 Å². The largest absolute Gasteiger partial charge is 0.417 e. The van der Waals surface area contributed by atoms with Gasteiger partial charge in [0.15, 0.2) is 5.76 Å². The normalized spacial score (nSPS) is 11.4. The van der Waals surface area contributed by atoms with Gasteiger partial charge in [0.25, 0.3) is 5.91 Å². The Bertz CT molecular complexity index is 706. The van der Waals surface area contributed by atoms with Gasteiger partial charge in [-0.25, -0.2) is 4.79 Å². The number of thiophene rings is 1. The number of esters is 1. The highest BCUT2D eigenvalue weighted by molar-refractivity contribution is 7.10. The van der Waals surface area contributed by atoms with Gasteiger partial charge in [0.05, 0.1) is 5.56 Å². The van der Waals surface area contributed by atoms with E-state index < -0.39 is 11.9 Å². The van der Waals surface area contributed by atoms with E-state index in [-0.39, 0.29) is 11.8 Å². The van der Waals surface area contributed by atoms with E-state index in [0.29, 0.717) is 10.6 Å². The molecule has 0 aliphatic rings. The van der Waals surface area contributed by atoms with E-state index in [0.717, 1.165) is 4.88 Å². The summed E-state index contributed by atoms with van der Waals surface area (Å²) in [4.78, 5) is 25.3.